The number of aryl methyl sites for hydroxylation is 1. The number of hydrogen-bond acceptors (Lipinski definition) is 5. The molecule has 7 nitrogen and oxygen atoms in total. The molecule has 0 bridgehead atoms. The minimum Gasteiger partial charge on any atom is -0.392 e. The number of β-amino-alcohol motifs (C(OH)–C–C–N with tert-alkyl or cyclic N) is 1. The highest BCUT2D eigenvalue weighted by molar-refractivity contribution is 7.89. The van der Waals surface area contributed by atoms with Crippen molar-refractivity contribution in [2.24, 2.45) is 5.73 Å². The number of primary amides is 1. The van der Waals surface area contributed by atoms with E-state index in [1.807, 2.05) is 0 Å². The van der Waals surface area contributed by atoms with Gasteiger partial charge in [-0.05, 0) is 19.1 Å². The van der Waals surface area contributed by atoms with Crippen LogP contribution in [0.1, 0.15) is 12.1 Å². The van der Waals surface area contributed by atoms with Crippen LogP contribution < -0.4 is 5.73 Å². The second kappa shape index (κ2) is 5.55. The van der Waals surface area contributed by atoms with Crippen molar-refractivity contribution in [1.29, 1.82) is 0 Å². The Morgan fingerprint density at radius 2 is 2.09 bits per heavy atom. The van der Waals surface area contributed by atoms with E-state index in [0.29, 0.717) is 16.6 Å². The molecule has 1 aromatic carbocycles. The molecule has 3 rings (SSSR count). The number of aliphatic hydroxyl groups is 1. The van der Waals surface area contributed by atoms with Crippen LogP contribution in [0.25, 0.3) is 10.9 Å². The quantitative estimate of drug-likeness (QED) is 0.829. The Morgan fingerprint density at radius 3 is 2.78 bits per heavy atom. The Hall–Kier alpha value is -2.03. The average molecular weight is 335 g/mol. The molecule has 1 fully saturated rings. The highest BCUT2D eigenvalue weighted by atomic mass is 32.2. The first-order valence-corrected chi connectivity index (χ1v) is 8.60. The van der Waals surface area contributed by atoms with Gasteiger partial charge >= 0.3 is 0 Å². The van der Waals surface area contributed by atoms with E-state index in [2.05, 4.69) is 4.98 Å². The molecule has 122 valence electrons. The Bertz CT molecular complexity index is 881. The Morgan fingerprint density at radius 1 is 1.35 bits per heavy atom. The first-order chi connectivity index (χ1) is 10.8. The standard InChI is InChI=1S/C15H17N3O4S/c1-9-5-6-10-3-2-4-13(14(10)17-9)23(21,22)18-8-11(19)7-12(18)15(16)20/h2-6,11-12,19H,7-8H2,1H3,(H2,16,20)/t11-,12+/m1/s1. The van der Waals surface area contributed by atoms with Crippen LogP contribution in [0, 0.1) is 6.92 Å². The maximum atomic E-state index is 13.0. The maximum absolute atomic E-state index is 13.0. The summed E-state index contributed by atoms with van der Waals surface area (Å²) in [5, 5.41) is 10.4. The van der Waals surface area contributed by atoms with Crippen molar-refractivity contribution in [1.82, 2.24) is 9.29 Å². The van der Waals surface area contributed by atoms with Gasteiger partial charge in [-0.3, -0.25) is 9.78 Å². The highest BCUT2D eigenvalue weighted by Gasteiger charge is 2.43. The summed E-state index contributed by atoms with van der Waals surface area (Å²) in [6, 6.07) is 7.39. The van der Waals surface area contributed by atoms with Crippen molar-refractivity contribution < 1.29 is 18.3 Å². The fourth-order valence-corrected chi connectivity index (χ4v) is 4.66. The number of para-hydroxylation sites is 1. The van der Waals surface area contributed by atoms with Crippen LogP contribution in [0.3, 0.4) is 0 Å². The van der Waals surface area contributed by atoms with Gasteiger partial charge < -0.3 is 10.8 Å². The summed E-state index contributed by atoms with van der Waals surface area (Å²) in [5.41, 5.74) is 6.32. The summed E-state index contributed by atoms with van der Waals surface area (Å²) in [5.74, 6) is -0.769. The molecule has 1 aliphatic rings. The molecule has 8 heteroatoms. The lowest BCUT2D eigenvalue weighted by atomic mass is 10.2. The number of aromatic nitrogens is 1. The predicted molar refractivity (Wildman–Crippen MR) is 84.0 cm³/mol. The zero-order valence-corrected chi connectivity index (χ0v) is 13.3. The molecule has 0 aliphatic carbocycles. The van der Waals surface area contributed by atoms with Crippen molar-refractivity contribution in [2.45, 2.75) is 30.4 Å². The molecule has 2 aromatic rings. The molecule has 2 heterocycles. The minimum atomic E-state index is -4.00. The Labute approximate surface area is 133 Å². The van der Waals surface area contributed by atoms with E-state index in [0.717, 1.165) is 4.31 Å². The molecule has 0 spiro atoms. The number of benzene rings is 1. The third-order valence-corrected chi connectivity index (χ3v) is 5.88. The first-order valence-electron chi connectivity index (χ1n) is 7.16. The number of rotatable bonds is 3. The van der Waals surface area contributed by atoms with E-state index in [9.17, 15) is 18.3 Å². The Balaban J connectivity index is 2.17. The summed E-state index contributed by atoms with van der Waals surface area (Å²) >= 11 is 0. The number of carbonyl (C=O) groups excluding carboxylic acids is 1. The fraction of sp³-hybridized carbons (Fsp3) is 0.333. The van der Waals surface area contributed by atoms with Crippen molar-refractivity contribution in [3.63, 3.8) is 0 Å². The first kappa shape index (κ1) is 15.9. The van der Waals surface area contributed by atoms with Crippen LogP contribution in [-0.2, 0) is 14.8 Å². The molecular weight excluding hydrogens is 318 g/mol. The van der Waals surface area contributed by atoms with E-state index >= 15 is 0 Å². The number of pyridine rings is 1. The van der Waals surface area contributed by atoms with Gasteiger partial charge in [0.15, 0.2) is 0 Å². The topological polar surface area (TPSA) is 114 Å². The zero-order chi connectivity index (χ0) is 16.8. The van der Waals surface area contributed by atoms with Gasteiger partial charge in [0.25, 0.3) is 0 Å². The summed E-state index contributed by atoms with van der Waals surface area (Å²) < 4.78 is 26.9. The zero-order valence-electron chi connectivity index (χ0n) is 12.5. The molecule has 1 saturated heterocycles. The van der Waals surface area contributed by atoms with Gasteiger partial charge in [0.1, 0.15) is 10.9 Å². The molecule has 1 amide bonds. The van der Waals surface area contributed by atoms with Crippen LogP contribution in [0.5, 0.6) is 0 Å². The van der Waals surface area contributed by atoms with E-state index in [-0.39, 0.29) is 17.9 Å². The number of nitrogens with two attached hydrogens (primary N) is 1. The summed E-state index contributed by atoms with van der Waals surface area (Å²) in [4.78, 5) is 15.9. The van der Waals surface area contributed by atoms with Gasteiger partial charge in [-0.15, -0.1) is 0 Å². The molecule has 0 saturated carbocycles. The molecular formula is C15H17N3O4S. The number of aliphatic hydroxyl groups excluding tert-OH is 1. The SMILES string of the molecule is Cc1ccc2cccc(S(=O)(=O)N3C[C@H](O)C[C@H]3C(N)=O)c2n1. The lowest BCUT2D eigenvalue weighted by Gasteiger charge is -2.22. The van der Waals surface area contributed by atoms with Gasteiger partial charge in [0.05, 0.1) is 11.6 Å². The van der Waals surface area contributed by atoms with Gasteiger partial charge in [0, 0.05) is 24.0 Å². The third-order valence-electron chi connectivity index (χ3n) is 3.97. The van der Waals surface area contributed by atoms with E-state index < -0.39 is 28.1 Å². The molecule has 2 atom stereocenters. The van der Waals surface area contributed by atoms with Crippen molar-refractivity contribution >= 4 is 26.8 Å². The molecule has 1 aromatic heterocycles. The number of sulfonamides is 1. The number of amides is 1. The van der Waals surface area contributed by atoms with Crippen molar-refractivity contribution in [3.8, 4) is 0 Å². The van der Waals surface area contributed by atoms with Gasteiger partial charge in [-0.1, -0.05) is 18.2 Å². The number of carbonyl (C=O) groups is 1. The van der Waals surface area contributed by atoms with Crippen LogP contribution in [0.4, 0.5) is 0 Å². The molecule has 0 radical (unpaired) electrons. The monoisotopic (exact) mass is 335 g/mol. The second-order valence-electron chi connectivity index (χ2n) is 5.66. The second-order valence-corrected chi connectivity index (χ2v) is 7.52. The summed E-state index contributed by atoms with van der Waals surface area (Å²) in [6.07, 6.45) is -0.904. The molecule has 23 heavy (non-hydrogen) atoms. The number of fused-ring (bicyclic) bond motifs is 1. The molecule has 3 N–H and O–H groups in total. The van der Waals surface area contributed by atoms with Crippen molar-refractivity contribution in [3.05, 3.63) is 36.0 Å². The van der Waals surface area contributed by atoms with Crippen LogP contribution in [0.2, 0.25) is 0 Å². The Kier molecular flexibility index (Phi) is 3.83. The van der Waals surface area contributed by atoms with E-state index in [1.54, 1.807) is 31.2 Å². The van der Waals surface area contributed by atoms with Crippen LogP contribution in [-0.4, -0.2) is 47.4 Å². The fourth-order valence-electron chi connectivity index (χ4n) is 2.86. The summed E-state index contributed by atoms with van der Waals surface area (Å²) in [7, 11) is -4.00. The normalized spacial score (nSPS) is 22.5. The van der Waals surface area contributed by atoms with Gasteiger partial charge in [-0.2, -0.15) is 4.31 Å². The lowest BCUT2D eigenvalue weighted by Crippen LogP contribution is -2.43. The van der Waals surface area contributed by atoms with Crippen LogP contribution >= 0.6 is 0 Å². The lowest BCUT2D eigenvalue weighted by molar-refractivity contribution is -0.121. The van der Waals surface area contributed by atoms with E-state index in [4.69, 9.17) is 5.73 Å². The maximum Gasteiger partial charge on any atom is 0.246 e. The molecule has 1 aliphatic heterocycles. The number of nitrogens with zero attached hydrogens (tertiary/aromatic N) is 2. The summed E-state index contributed by atoms with van der Waals surface area (Å²) in [6.45, 7) is 1.62. The third kappa shape index (κ3) is 2.69. The predicted octanol–water partition coefficient (Wildman–Crippen LogP) is 0.152. The minimum absolute atomic E-state index is 0.00574. The average Bonchev–Trinajstić information content (AvgIpc) is 2.89. The van der Waals surface area contributed by atoms with Gasteiger partial charge in [-0.25, -0.2) is 8.42 Å². The van der Waals surface area contributed by atoms with E-state index in [1.165, 1.54) is 6.07 Å². The highest BCUT2D eigenvalue weighted by Crippen LogP contribution is 2.30. The smallest absolute Gasteiger partial charge is 0.246 e. The van der Waals surface area contributed by atoms with Crippen molar-refractivity contribution in [2.75, 3.05) is 6.54 Å². The number of hydrogen-bond donors (Lipinski definition) is 2. The largest absolute Gasteiger partial charge is 0.392 e. The molecule has 0 unspecified atom stereocenters. The van der Waals surface area contributed by atoms with Crippen LogP contribution in [0.15, 0.2) is 35.2 Å². The van der Waals surface area contributed by atoms with Gasteiger partial charge in [0.2, 0.25) is 15.9 Å².